The molecule has 1 aliphatic carbocycles. The molecule has 0 aromatic carbocycles. The maximum atomic E-state index is 12.6. The number of nitrogen functional groups attached to an aromatic ring is 1. The number of carbonyl (C=O) groups is 2. The summed E-state index contributed by atoms with van der Waals surface area (Å²) in [6.07, 6.45) is 1.86. The zero-order valence-corrected chi connectivity index (χ0v) is 17.5. The highest BCUT2D eigenvalue weighted by Gasteiger charge is 2.34. The van der Waals surface area contributed by atoms with Gasteiger partial charge in [0.2, 0.25) is 11.0 Å². The van der Waals surface area contributed by atoms with E-state index in [1.165, 1.54) is 25.4 Å². The SMILES string of the molecule is COCCn1c(N)c(C(=O)CSc2nnc(N(C(C)=O)C3CC3)s2)c(=O)[nH]c1=O. The van der Waals surface area contributed by atoms with Crippen molar-refractivity contribution in [2.24, 2.45) is 0 Å². The third kappa shape index (κ3) is 4.74. The molecule has 1 saturated carbocycles. The maximum Gasteiger partial charge on any atom is 0.330 e. The molecule has 2 aromatic rings. The van der Waals surface area contributed by atoms with E-state index in [1.807, 2.05) is 0 Å². The van der Waals surface area contributed by atoms with Gasteiger partial charge in [-0.15, -0.1) is 10.2 Å². The van der Waals surface area contributed by atoms with Crippen molar-refractivity contribution >= 4 is 45.7 Å². The van der Waals surface area contributed by atoms with Crippen molar-refractivity contribution in [3.63, 3.8) is 0 Å². The second-order valence-electron chi connectivity index (χ2n) is 6.35. The van der Waals surface area contributed by atoms with Crippen LogP contribution < -0.4 is 21.9 Å². The first-order valence-electron chi connectivity index (χ1n) is 8.74. The summed E-state index contributed by atoms with van der Waals surface area (Å²) in [6.45, 7) is 1.77. The van der Waals surface area contributed by atoms with Crippen LogP contribution in [0.4, 0.5) is 10.9 Å². The average molecular weight is 441 g/mol. The number of anilines is 2. The Hall–Kier alpha value is -2.51. The molecule has 2 aromatic heterocycles. The third-order valence-corrected chi connectivity index (χ3v) is 6.27. The standard InChI is InChI=1S/C16H20N6O5S2/c1-8(23)22(9-3-4-9)15-19-20-16(29-15)28-7-10(24)11-12(17)21(5-6-27-2)14(26)18-13(11)25/h9H,3-7,17H2,1-2H3,(H,18,25,26). The smallest absolute Gasteiger partial charge is 0.330 e. The lowest BCUT2D eigenvalue weighted by Crippen LogP contribution is -2.37. The lowest BCUT2D eigenvalue weighted by molar-refractivity contribution is -0.116. The third-order valence-electron chi connectivity index (χ3n) is 4.22. The molecular weight excluding hydrogens is 420 g/mol. The molecule has 1 fully saturated rings. The Morgan fingerprint density at radius 2 is 2.10 bits per heavy atom. The summed E-state index contributed by atoms with van der Waals surface area (Å²) in [5.41, 5.74) is 4.09. The number of hydrogen-bond donors (Lipinski definition) is 2. The molecule has 3 N–H and O–H groups in total. The summed E-state index contributed by atoms with van der Waals surface area (Å²) >= 11 is 2.29. The van der Waals surface area contributed by atoms with Crippen LogP contribution in [0.2, 0.25) is 0 Å². The van der Waals surface area contributed by atoms with Gasteiger partial charge in [-0.05, 0) is 12.8 Å². The number of Topliss-reactive ketones (excluding diaryl/α,β-unsaturated/α-hetero) is 1. The Bertz CT molecular complexity index is 1040. The topological polar surface area (TPSA) is 153 Å². The summed E-state index contributed by atoms with van der Waals surface area (Å²) in [7, 11) is 1.46. The Kier molecular flexibility index (Phi) is 6.49. The van der Waals surface area contributed by atoms with Crippen molar-refractivity contribution in [2.45, 2.75) is 36.7 Å². The van der Waals surface area contributed by atoms with E-state index in [-0.39, 0.29) is 42.2 Å². The van der Waals surface area contributed by atoms with Gasteiger partial charge >= 0.3 is 5.69 Å². The van der Waals surface area contributed by atoms with Crippen LogP contribution in [0, 0.1) is 0 Å². The second-order valence-corrected chi connectivity index (χ2v) is 8.52. The predicted molar refractivity (Wildman–Crippen MR) is 109 cm³/mol. The largest absolute Gasteiger partial charge is 0.384 e. The van der Waals surface area contributed by atoms with E-state index in [0.717, 1.165) is 29.2 Å². The van der Waals surface area contributed by atoms with Crippen LogP contribution in [-0.2, 0) is 16.1 Å². The zero-order chi connectivity index (χ0) is 21.1. The van der Waals surface area contributed by atoms with Crippen molar-refractivity contribution in [3.8, 4) is 0 Å². The predicted octanol–water partition coefficient (Wildman–Crippen LogP) is 0.107. The minimum Gasteiger partial charge on any atom is -0.384 e. The summed E-state index contributed by atoms with van der Waals surface area (Å²) in [4.78, 5) is 52.1. The highest BCUT2D eigenvalue weighted by Crippen LogP contribution is 2.35. The maximum absolute atomic E-state index is 12.6. The summed E-state index contributed by atoms with van der Waals surface area (Å²) < 4.78 is 6.49. The average Bonchev–Trinajstić information content (AvgIpc) is 3.36. The Morgan fingerprint density at radius 3 is 2.72 bits per heavy atom. The molecule has 29 heavy (non-hydrogen) atoms. The van der Waals surface area contributed by atoms with Gasteiger partial charge in [0.25, 0.3) is 5.56 Å². The van der Waals surface area contributed by atoms with Gasteiger partial charge in [0.15, 0.2) is 10.1 Å². The molecule has 3 rings (SSSR count). The number of aromatic nitrogens is 4. The lowest BCUT2D eigenvalue weighted by atomic mass is 10.2. The van der Waals surface area contributed by atoms with E-state index >= 15 is 0 Å². The Labute approximate surface area is 173 Å². The van der Waals surface area contributed by atoms with Gasteiger partial charge in [-0.25, -0.2) is 4.79 Å². The number of hydrogen-bond acceptors (Lipinski definition) is 10. The fourth-order valence-corrected chi connectivity index (χ4v) is 4.53. The number of methoxy groups -OCH3 is 1. The van der Waals surface area contributed by atoms with Crippen LogP contribution in [0.25, 0.3) is 0 Å². The number of thioether (sulfide) groups is 1. The summed E-state index contributed by atoms with van der Waals surface area (Å²) in [6, 6.07) is 0.159. The van der Waals surface area contributed by atoms with E-state index in [1.54, 1.807) is 4.90 Å². The molecule has 0 unspecified atom stereocenters. The van der Waals surface area contributed by atoms with E-state index in [4.69, 9.17) is 10.5 Å². The highest BCUT2D eigenvalue weighted by molar-refractivity contribution is 8.01. The Balaban J connectivity index is 1.74. The molecule has 156 valence electrons. The number of nitrogens with zero attached hydrogens (tertiary/aromatic N) is 4. The lowest BCUT2D eigenvalue weighted by Gasteiger charge is -2.15. The highest BCUT2D eigenvalue weighted by atomic mass is 32.2. The van der Waals surface area contributed by atoms with Crippen molar-refractivity contribution in [1.29, 1.82) is 0 Å². The number of nitrogens with two attached hydrogens (primary N) is 1. The molecule has 1 amide bonds. The number of aromatic amines is 1. The monoisotopic (exact) mass is 440 g/mol. The number of rotatable bonds is 9. The molecule has 0 atom stereocenters. The molecule has 0 aliphatic heterocycles. The van der Waals surface area contributed by atoms with E-state index in [0.29, 0.717) is 9.47 Å². The molecule has 0 spiro atoms. The number of ether oxygens (including phenoxy) is 1. The van der Waals surface area contributed by atoms with Crippen molar-refractivity contribution in [3.05, 3.63) is 26.4 Å². The number of ketones is 1. The van der Waals surface area contributed by atoms with Crippen molar-refractivity contribution in [1.82, 2.24) is 19.7 Å². The molecule has 13 heteroatoms. The van der Waals surface area contributed by atoms with Gasteiger partial charge in [-0.1, -0.05) is 23.1 Å². The number of nitrogens with one attached hydrogen (secondary N) is 1. The van der Waals surface area contributed by atoms with Gasteiger partial charge < -0.3 is 10.5 Å². The van der Waals surface area contributed by atoms with Gasteiger partial charge in [0, 0.05) is 20.1 Å². The first kappa shape index (κ1) is 21.2. The van der Waals surface area contributed by atoms with Gasteiger partial charge in [-0.3, -0.25) is 28.8 Å². The van der Waals surface area contributed by atoms with Crippen LogP contribution >= 0.6 is 23.1 Å². The van der Waals surface area contributed by atoms with Crippen molar-refractivity contribution in [2.75, 3.05) is 30.1 Å². The first-order valence-corrected chi connectivity index (χ1v) is 10.5. The minimum absolute atomic E-state index is 0.103. The molecular formula is C16H20N6O5S2. The van der Waals surface area contributed by atoms with Crippen molar-refractivity contribution < 1.29 is 14.3 Å². The molecule has 0 radical (unpaired) electrons. The summed E-state index contributed by atoms with van der Waals surface area (Å²) in [5.74, 6) is -0.958. The fraction of sp³-hybridized carbons (Fsp3) is 0.500. The molecule has 0 saturated heterocycles. The summed E-state index contributed by atoms with van der Waals surface area (Å²) in [5, 5.41) is 8.53. The normalized spacial score (nSPS) is 13.4. The van der Waals surface area contributed by atoms with Gasteiger partial charge in [-0.2, -0.15) is 0 Å². The molecule has 11 nitrogen and oxygen atoms in total. The minimum atomic E-state index is -0.832. The van der Waals surface area contributed by atoms with Crippen LogP contribution in [0.5, 0.6) is 0 Å². The van der Waals surface area contributed by atoms with E-state index < -0.39 is 17.0 Å². The van der Waals surface area contributed by atoms with Crippen LogP contribution in [0.1, 0.15) is 30.1 Å². The number of carbonyl (C=O) groups excluding carboxylic acids is 2. The van der Waals surface area contributed by atoms with Crippen LogP contribution in [0.3, 0.4) is 0 Å². The second kappa shape index (κ2) is 8.88. The molecule has 0 bridgehead atoms. The quantitative estimate of drug-likeness (QED) is 0.314. The van der Waals surface area contributed by atoms with Gasteiger partial charge in [0.05, 0.1) is 18.9 Å². The Morgan fingerprint density at radius 1 is 1.38 bits per heavy atom. The zero-order valence-electron chi connectivity index (χ0n) is 15.8. The van der Waals surface area contributed by atoms with E-state index in [9.17, 15) is 19.2 Å². The molecule has 2 heterocycles. The fourth-order valence-electron chi connectivity index (χ4n) is 2.70. The van der Waals surface area contributed by atoms with Crippen LogP contribution in [-0.4, -0.2) is 57.0 Å². The first-order chi connectivity index (χ1) is 13.8. The van der Waals surface area contributed by atoms with E-state index in [2.05, 4.69) is 15.2 Å². The van der Waals surface area contributed by atoms with Gasteiger partial charge in [0.1, 0.15) is 11.4 Å². The van der Waals surface area contributed by atoms with Crippen LogP contribution in [0.15, 0.2) is 13.9 Å². The number of H-pyrrole nitrogens is 1. The number of amides is 1. The molecule has 1 aliphatic rings.